The molecule has 0 aliphatic heterocycles. The van der Waals surface area contributed by atoms with Gasteiger partial charge >= 0.3 is 0 Å². The average molecular weight is 128 g/mol. The monoisotopic (exact) mass is 128 g/mol. The lowest BCUT2D eigenvalue weighted by molar-refractivity contribution is -0.694. The maximum Gasteiger partial charge on any atom is 0.234 e. The minimum atomic E-state index is 1.09. The van der Waals surface area contributed by atoms with Gasteiger partial charge in [0, 0.05) is 6.92 Å². The van der Waals surface area contributed by atoms with Gasteiger partial charge in [-0.3, -0.25) is 0 Å². The molecule has 0 spiro atoms. The van der Waals surface area contributed by atoms with Crippen LogP contribution in [0.2, 0.25) is 0 Å². The van der Waals surface area contributed by atoms with Crippen molar-refractivity contribution in [3.63, 3.8) is 0 Å². The van der Waals surface area contributed by atoms with Crippen LogP contribution >= 0.6 is 11.3 Å². The summed E-state index contributed by atoms with van der Waals surface area (Å²) in [5.41, 5.74) is 0. The number of hydrogen-bond acceptors (Lipinski definition) is 1. The molecule has 0 aliphatic carbocycles. The van der Waals surface area contributed by atoms with Gasteiger partial charge < -0.3 is 0 Å². The van der Waals surface area contributed by atoms with E-state index >= 15 is 0 Å². The fourth-order valence-corrected chi connectivity index (χ4v) is 1.43. The van der Waals surface area contributed by atoms with Crippen molar-refractivity contribution >= 4 is 11.3 Å². The molecular weight excluding hydrogens is 118 g/mol. The summed E-state index contributed by atoms with van der Waals surface area (Å²) in [6, 6.07) is 0. The van der Waals surface area contributed by atoms with Crippen molar-refractivity contribution in [2.75, 3.05) is 0 Å². The van der Waals surface area contributed by atoms with Gasteiger partial charge in [0.15, 0.2) is 6.20 Å². The molecule has 0 fully saturated rings. The van der Waals surface area contributed by atoms with Crippen LogP contribution in [-0.2, 0) is 6.54 Å². The predicted molar refractivity (Wildman–Crippen MR) is 34.9 cm³/mol. The summed E-state index contributed by atoms with van der Waals surface area (Å²) < 4.78 is 2.23. The normalized spacial score (nSPS) is 9.75. The highest BCUT2D eigenvalue weighted by Gasteiger charge is 2.00. The first-order chi connectivity index (χ1) is 3.84. The molecular formula is C6H10NS+. The van der Waals surface area contributed by atoms with Gasteiger partial charge in [-0.25, -0.2) is 0 Å². The Labute approximate surface area is 53.6 Å². The highest BCUT2D eigenvalue weighted by atomic mass is 32.1. The largest absolute Gasteiger partial charge is 0.234 e. The first-order valence-corrected chi connectivity index (χ1v) is 3.66. The molecule has 2 heteroatoms. The van der Waals surface area contributed by atoms with Crippen LogP contribution in [0.1, 0.15) is 11.9 Å². The summed E-state index contributed by atoms with van der Waals surface area (Å²) in [4.78, 5) is 0. The molecule has 1 rings (SSSR count). The second-order valence-corrected chi connectivity index (χ2v) is 2.81. The highest BCUT2D eigenvalue weighted by molar-refractivity contribution is 7.09. The Morgan fingerprint density at radius 1 is 1.75 bits per heavy atom. The van der Waals surface area contributed by atoms with Crippen LogP contribution in [-0.4, -0.2) is 0 Å². The van der Waals surface area contributed by atoms with Crippen LogP contribution < -0.4 is 4.57 Å². The van der Waals surface area contributed by atoms with E-state index in [2.05, 4.69) is 30.0 Å². The molecule has 0 N–H and O–H groups in total. The standard InChI is InChI=1S/C6H10NS/c1-3-7-4-5-8-6(7)2/h4-5H,3H2,1-2H3/q+1. The third-order valence-corrected chi connectivity index (χ3v) is 2.06. The minimum Gasteiger partial charge on any atom is -0.193 e. The van der Waals surface area contributed by atoms with Crippen LogP contribution in [0.5, 0.6) is 0 Å². The fourth-order valence-electron chi connectivity index (χ4n) is 0.703. The molecule has 0 radical (unpaired) electrons. The average Bonchev–Trinajstić information content (AvgIpc) is 2.14. The maximum atomic E-state index is 2.23. The summed E-state index contributed by atoms with van der Waals surface area (Å²) in [5, 5.41) is 3.49. The summed E-state index contributed by atoms with van der Waals surface area (Å²) in [6.45, 7) is 5.38. The Bertz CT molecular complexity index is 169. The van der Waals surface area contributed by atoms with Crippen LogP contribution in [0.15, 0.2) is 11.6 Å². The second-order valence-electron chi connectivity index (χ2n) is 1.71. The Hall–Kier alpha value is -0.370. The minimum absolute atomic E-state index is 1.09. The SMILES string of the molecule is CC[n+]1ccsc1C. The third-order valence-electron chi connectivity index (χ3n) is 1.22. The highest BCUT2D eigenvalue weighted by Crippen LogP contribution is 1.97. The van der Waals surface area contributed by atoms with Crippen molar-refractivity contribution in [2.45, 2.75) is 20.4 Å². The Kier molecular flexibility index (Phi) is 1.63. The molecule has 0 atom stereocenters. The van der Waals surface area contributed by atoms with Crippen molar-refractivity contribution in [3.8, 4) is 0 Å². The van der Waals surface area contributed by atoms with Crippen LogP contribution in [0.25, 0.3) is 0 Å². The van der Waals surface area contributed by atoms with Gasteiger partial charge in [-0.2, -0.15) is 4.57 Å². The summed E-state index contributed by atoms with van der Waals surface area (Å²) in [6.07, 6.45) is 2.11. The summed E-state index contributed by atoms with van der Waals surface area (Å²) in [7, 11) is 0. The van der Waals surface area contributed by atoms with Gasteiger partial charge in [-0.15, -0.1) is 0 Å². The zero-order valence-corrected chi connectivity index (χ0v) is 6.03. The van der Waals surface area contributed by atoms with Gasteiger partial charge in [0.05, 0.1) is 5.38 Å². The lowest BCUT2D eigenvalue weighted by atomic mass is 10.6. The second kappa shape index (κ2) is 2.27. The van der Waals surface area contributed by atoms with E-state index in [0.29, 0.717) is 0 Å². The quantitative estimate of drug-likeness (QED) is 0.503. The van der Waals surface area contributed by atoms with E-state index in [0.717, 1.165) is 6.54 Å². The van der Waals surface area contributed by atoms with Gasteiger partial charge in [0.25, 0.3) is 0 Å². The molecule has 0 amide bonds. The number of nitrogens with zero attached hydrogens (tertiary/aromatic N) is 1. The zero-order chi connectivity index (χ0) is 5.98. The van der Waals surface area contributed by atoms with E-state index in [1.807, 2.05) is 0 Å². The van der Waals surface area contributed by atoms with Crippen molar-refractivity contribution in [2.24, 2.45) is 0 Å². The third kappa shape index (κ3) is 0.892. The van der Waals surface area contributed by atoms with Crippen molar-refractivity contribution < 1.29 is 4.57 Å². The molecule has 0 saturated heterocycles. The molecule has 1 aromatic rings. The molecule has 0 unspecified atom stereocenters. The number of thiazole rings is 1. The maximum absolute atomic E-state index is 2.23. The van der Waals surface area contributed by atoms with E-state index < -0.39 is 0 Å². The van der Waals surface area contributed by atoms with E-state index in [-0.39, 0.29) is 0 Å². The van der Waals surface area contributed by atoms with Gasteiger partial charge in [0.2, 0.25) is 5.01 Å². The van der Waals surface area contributed by atoms with Gasteiger partial charge in [-0.05, 0) is 6.92 Å². The van der Waals surface area contributed by atoms with E-state index in [9.17, 15) is 0 Å². The Morgan fingerprint density at radius 3 is 2.75 bits per heavy atom. The molecule has 1 aromatic heterocycles. The zero-order valence-electron chi connectivity index (χ0n) is 5.22. The Balaban J connectivity index is 2.92. The smallest absolute Gasteiger partial charge is 0.193 e. The molecule has 44 valence electrons. The number of rotatable bonds is 1. The van der Waals surface area contributed by atoms with Crippen LogP contribution in [0.4, 0.5) is 0 Å². The van der Waals surface area contributed by atoms with Crippen LogP contribution in [0, 0.1) is 6.92 Å². The first kappa shape index (κ1) is 5.76. The van der Waals surface area contributed by atoms with Crippen LogP contribution in [0.3, 0.4) is 0 Å². The van der Waals surface area contributed by atoms with E-state index in [4.69, 9.17) is 0 Å². The summed E-state index contributed by atoms with van der Waals surface area (Å²) >= 11 is 1.79. The Morgan fingerprint density at radius 2 is 2.50 bits per heavy atom. The van der Waals surface area contributed by atoms with Crippen molar-refractivity contribution in [3.05, 3.63) is 16.6 Å². The molecule has 0 saturated carbocycles. The van der Waals surface area contributed by atoms with Crippen molar-refractivity contribution in [1.82, 2.24) is 0 Å². The number of hydrogen-bond donors (Lipinski definition) is 0. The first-order valence-electron chi connectivity index (χ1n) is 2.78. The molecule has 8 heavy (non-hydrogen) atoms. The van der Waals surface area contributed by atoms with E-state index in [1.54, 1.807) is 11.3 Å². The molecule has 1 heterocycles. The predicted octanol–water partition coefficient (Wildman–Crippen LogP) is 1.36. The van der Waals surface area contributed by atoms with Gasteiger partial charge in [-0.1, -0.05) is 11.3 Å². The molecule has 0 aliphatic rings. The molecule has 0 aromatic carbocycles. The number of aryl methyl sites for hydroxylation is 2. The van der Waals surface area contributed by atoms with Gasteiger partial charge in [0.1, 0.15) is 6.54 Å². The molecule has 0 bridgehead atoms. The van der Waals surface area contributed by atoms with E-state index in [1.165, 1.54) is 5.01 Å². The topological polar surface area (TPSA) is 3.88 Å². The number of aromatic nitrogens is 1. The lowest BCUT2D eigenvalue weighted by Crippen LogP contribution is -2.31. The summed E-state index contributed by atoms with van der Waals surface area (Å²) in [5.74, 6) is 0. The van der Waals surface area contributed by atoms with Crippen molar-refractivity contribution in [1.29, 1.82) is 0 Å². The lowest BCUT2D eigenvalue weighted by Gasteiger charge is -1.82. The molecule has 1 nitrogen and oxygen atoms in total. The fraction of sp³-hybridized carbons (Fsp3) is 0.500.